The molecule has 0 atom stereocenters. The predicted octanol–water partition coefficient (Wildman–Crippen LogP) is 3.91. The number of anilines is 2. The summed E-state index contributed by atoms with van der Waals surface area (Å²) < 4.78 is 8.77. The van der Waals surface area contributed by atoms with Crippen molar-refractivity contribution in [1.29, 1.82) is 0 Å². The zero-order valence-electron chi connectivity index (χ0n) is 19.3. The monoisotopic (exact) mass is 465 g/mol. The summed E-state index contributed by atoms with van der Waals surface area (Å²) in [4.78, 5) is 20.4. The molecule has 0 saturated carbocycles. The number of aromatic nitrogens is 5. The predicted molar refractivity (Wildman–Crippen MR) is 132 cm³/mol. The molecule has 174 valence electrons. The lowest BCUT2D eigenvalue weighted by molar-refractivity contribution is 0.102. The van der Waals surface area contributed by atoms with Gasteiger partial charge in [-0.3, -0.25) is 9.48 Å². The number of hydrogen-bond acceptors (Lipinski definition) is 6. The third-order valence-corrected chi connectivity index (χ3v) is 6.19. The minimum absolute atomic E-state index is 0.310. The third kappa shape index (κ3) is 3.67. The van der Waals surface area contributed by atoms with Crippen LogP contribution in [-0.2, 0) is 20.1 Å². The van der Waals surface area contributed by atoms with Gasteiger partial charge in [-0.05, 0) is 29.3 Å². The molecule has 2 aromatic carbocycles. The zero-order chi connectivity index (χ0) is 23.9. The number of ether oxygens (including phenoxy) is 1. The Morgan fingerprint density at radius 3 is 2.57 bits per heavy atom. The van der Waals surface area contributed by atoms with Crippen LogP contribution >= 0.6 is 0 Å². The Kier molecular flexibility index (Phi) is 4.95. The normalized spacial score (nSPS) is 12.7. The van der Waals surface area contributed by atoms with Crippen LogP contribution in [-0.4, -0.2) is 37.4 Å². The number of aryl methyl sites for hydroxylation is 1. The molecule has 6 rings (SSSR count). The van der Waals surface area contributed by atoms with Crippen molar-refractivity contribution in [3.05, 3.63) is 90.0 Å². The van der Waals surface area contributed by atoms with E-state index in [1.807, 2.05) is 49.6 Å². The number of nitrogens with zero attached hydrogens (tertiary/aromatic N) is 6. The Balaban J connectivity index is 1.48. The van der Waals surface area contributed by atoms with Crippen molar-refractivity contribution in [2.45, 2.75) is 13.1 Å². The average molecular weight is 466 g/mol. The smallest absolute Gasteiger partial charge is 0.278 e. The first-order valence-corrected chi connectivity index (χ1v) is 11.2. The summed E-state index contributed by atoms with van der Waals surface area (Å²) in [5.74, 6) is 0.348. The number of fused-ring (bicyclic) bond motifs is 2. The van der Waals surface area contributed by atoms with Crippen LogP contribution in [0.1, 0.15) is 21.6 Å². The largest absolute Gasteiger partial charge is 0.497 e. The molecule has 3 aromatic heterocycles. The van der Waals surface area contributed by atoms with Crippen molar-refractivity contribution in [2.24, 2.45) is 7.05 Å². The molecule has 4 heterocycles. The highest BCUT2D eigenvalue weighted by Crippen LogP contribution is 2.35. The van der Waals surface area contributed by atoms with E-state index in [9.17, 15) is 4.79 Å². The van der Waals surface area contributed by atoms with E-state index in [0.717, 1.165) is 11.3 Å². The first-order chi connectivity index (χ1) is 17.1. The fraction of sp³-hybridized carbons (Fsp3) is 0.154. The third-order valence-electron chi connectivity index (χ3n) is 6.19. The van der Waals surface area contributed by atoms with Crippen molar-refractivity contribution in [2.75, 3.05) is 17.3 Å². The molecule has 0 saturated heterocycles. The standard InChI is InChI=1S/C26H23N7O2/c1-31-14-19(13-28-31)22-10-11-27-25-24(32-15-17-6-3-4-7-18(17)16-32)23(30-33(22)25)26(34)29-20-8-5-9-21(12-20)35-2/h3-14H,15-16H2,1-2H3,(H,29,34). The Morgan fingerprint density at radius 1 is 1.06 bits per heavy atom. The summed E-state index contributed by atoms with van der Waals surface area (Å²) >= 11 is 0. The van der Waals surface area contributed by atoms with E-state index in [1.165, 1.54) is 11.1 Å². The molecule has 1 aliphatic heterocycles. The van der Waals surface area contributed by atoms with Gasteiger partial charge in [0, 0.05) is 49.8 Å². The number of nitrogens with one attached hydrogen (secondary N) is 1. The fourth-order valence-corrected chi connectivity index (χ4v) is 4.53. The molecule has 0 radical (unpaired) electrons. The van der Waals surface area contributed by atoms with Crippen LogP contribution in [0, 0.1) is 0 Å². The maximum atomic E-state index is 13.6. The Bertz CT molecular complexity index is 1540. The van der Waals surface area contributed by atoms with Gasteiger partial charge in [0.05, 0.1) is 19.0 Å². The fourth-order valence-electron chi connectivity index (χ4n) is 4.53. The van der Waals surface area contributed by atoms with Gasteiger partial charge >= 0.3 is 0 Å². The maximum Gasteiger partial charge on any atom is 0.278 e. The quantitative estimate of drug-likeness (QED) is 0.423. The summed E-state index contributed by atoms with van der Waals surface area (Å²) in [7, 11) is 3.46. The molecule has 9 nitrogen and oxygen atoms in total. The second kappa shape index (κ2) is 8.28. The van der Waals surface area contributed by atoms with Crippen LogP contribution in [0.2, 0.25) is 0 Å². The van der Waals surface area contributed by atoms with E-state index < -0.39 is 0 Å². The first kappa shape index (κ1) is 20.9. The van der Waals surface area contributed by atoms with Gasteiger partial charge in [-0.2, -0.15) is 10.2 Å². The molecule has 9 heteroatoms. The van der Waals surface area contributed by atoms with Crippen LogP contribution in [0.3, 0.4) is 0 Å². The van der Waals surface area contributed by atoms with Crippen LogP contribution in [0.25, 0.3) is 16.9 Å². The summed E-state index contributed by atoms with van der Waals surface area (Å²) in [5.41, 5.74) is 6.41. The number of rotatable bonds is 5. The van der Waals surface area contributed by atoms with E-state index in [2.05, 4.69) is 32.4 Å². The lowest BCUT2D eigenvalue weighted by atomic mass is 10.1. The van der Waals surface area contributed by atoms with Gasteiger partial charge < -0.3 is 15.0 Å². The Labute approximate surface area is 201 Å². The van der Waals surface area contributed by atoms with E-state index in [0.29, 0.717) is 41.6 Å². The second-order valence-corrected chi connectivity index (χ2v) is 8.48. The van der Waals surface area contributed by atoms with E-state index in [4.69, 9.17) is 9.84 Å². The summed E-state index contributed by atoms with van der Waals surface area (Å²) in [6, 6.07) is 17.4. The molecule has 1 N–H and O–H groups in total. The van der Waals surface area contributed by atoms with E-state index in [1.54, 1.807) is 34.8 Å². The number of carbonyl (C=O) groups excluding carboxylic acids is 1. The van der Waals surface area contributed by atoms with Crippen LogP contribution in [0.4, 0.5) is 11.4 Å². The van der Waals surface area contributed by atoms with E-state index in [-0.39, 0.29) is 5.91 Å². The Hall–Kier alpha value is -4.66. The van der Waals surface area contributed by atoms with E-state index >= 15 is 0 Å². The van der Waals surface area contributed by atoms with Gasteiger partial charge in [0.25, 0.3) is 5.91 Å². The van der Waals surface area contributed by atoms with Gasteiger partial charge in [0.1, 0.15) is 11.4 Å². The second-order valence-electron chi connectivity index (χ2n) is 8.48. The number of carbonyl (C=O) groups is 1. The van der Waals surface area contributed by atoms with Crippen molar-refractivity contribution < 1.29 is 9.53 Å². The maximum absolute atomic E-state index is 13.6. The highest BCUT2D eigenvalue weighted by atomic mass is 16.5. The molecule has 1 aliphatic rings. The van der Waals surface area contributed by atoms with Gasteiger partial charge in [0.15, 0.2) is 11.3 Å². The van der Waals surface area contributed by atoms with Gasteiger partial charge in [-0.1, -0.05) is 30.3 Å². The molecule has 0 bridgehead atoms. The van der Waals surface area contributed by atoms with Crippen molar-refractivity contribution in [3.63, 3.8) is 0 Å². The molecule has 35 heavy (non-hydrogen) atoms. The molecule has 0 unspecified atom stereocenters. The molecule has 0 fully saturated rings. The van der Waals surface area contributed by atoms with Crippen molar-refractivity contribution in [1.82, 2.24) is 24.4 Å². The summed E-state index contributed by atoms with van der Waals surface area (Å²) in [6.45, 7) is 1.35. The Morgan fingerprint density at radius 2 is 1.86 bits per heavy atom. The molecular formula is C26H23N7O2. The molecule has 0 aliphatic carbocycles. The molecular weight excluding hydrogens is 442 g/mol. The topological polar surface area (TPSA) is 89.6 Å². The highest BCUT2D eigenvalue weighted by molar-refractivity contribution is 6.09. The van der Waals surface area contributed by atoms with Crippen molar-refractivity contribution in [3.8, 4) is 17.0 Å². The lowest BCUT2D eigenvalue weighted by Gasteiger charge is -2.17. The number of benzene rings is 2. The van der Waals surface area contributed by atoms with Crippen molar-refractivity contribution >= 4 is 22.9 Å². The van der Waals surface area contributed by atoms with Crippen LogP contribution < -0.4 is 15.0 Å². The number of amides is 1. The zero-order valence-corrected chi connectivity index (χ0v) is 19.3. The molecule has 0 spiro atoms. The van der Waals surface area contributed by atoms with Crippen LogP contribution in [0.15, 0.2) is 73.2 Å². The summed E-state index contributed by atoms with van der Waals surface area (Å²) in [5, 5.41) is 12.0. The minimum atomic E-state index is -0.313. The number of methoxy groups -OCH3 is 1. The highest BCUT2D eigenvalue weighted by Gasteiger charge is 2.30. The van der Waals surface area contributed by atoms with Gasteiger partial charge in [-0.15, -0.1) is 0 Å². The summed E-state index contributed by atoms with van der Waals surface area (Å²) in [6.07, 6.45) is 5.44. The molecule has 5 aromatic rings. The van der Waals surface area contributed by atoms with Gasteiger partial charge in [-0.25, -0.2) is 9.50 Å². The van der Waals surface area contributed by atoms with Crippen LogP contribution in [0.5, 0.6) is 5.75 Å². The number of hydrogen-bond donors (Lipinski definition) is 1. The van der Waals surface area contributed by atoms with Gasteiger partial charge in [0.2, 0.25) is 0 Å². The minimum Gasteiger partial charge on any atom is -0.497 e. The lowest BCUT2D eigenvalue weighted by Crippen LogP contribution is -2.20. The molecule has 1 amide bonds. The SMILES string of the molecule is COc1cccc(NC(=O)c2nn3c(-c4cnn(C)c4)ccnc3c2N2Cc3ccccc3C2)c1. The first-order valence-electron chi connectivity index (χ1n) is 11.2. The average Bonchev–Trinajstić information content (AvgIpc) is 3.59.